The van der Waals surface area contributed by atoms with Crippen molar-refractivity contribution in [3.63, 3.8) is 0 Å². The van der Waals surface area contributed by atoms with Crippen molar-refractivity contribution in [3.05, 3.63) is 104 Å². The van der Waals surface area contributed by atoms with Crippen LogP contribution in [0, 0.1) is 0 Å². The average molecular weight is 484 g/mol. The molecule has 4 aromatic heterocycles. The Balaban J connectivity index is 2.23. The van der Waals surface area contributed by atoms with Crippen LogP contribution in [0.4, 0.5) is 0 Å². The Morgan fingerprint density at radius 2 is 0.639 bits per heavy atom. The highest BCUT2D eigenvalue weighted by Gasteiger charge is 2.04. The molecule has 186 valence electrons. The summed E-state index contributed by atoms with van der Waals surface area (Å²) in [6.07, 6.45) is 2.38. The summed E-state index contributed by atoms with van der Waals surface area (Å²) in [5.74, 6) is 0. The van der Waals surface area contributed by atoms with Gasteiger partial charge in [-0.15, -0.1) is 0 Å². The molecule has 6 nitrogen and oxygen atoms in total. The van der Waals surface area contributed by atoms with Crippen molar-refractivity contribution in [1.29, 1.82) is 0 Å². The van der Waals surface area contributed by atoms with Gasteiger partial charge in [-0.25, -0.2) is 0 Å². The smallest absolute Gasteiger partial charge is 0.258 e. The predicted molar refractivity (Wildman–Crippen MR) is 149 cm³/mol. The maximum atomic E-state index is 13.4. The van der Waals surface area contributed by atoms with E-state index in [0.29, 0.717) is 35.8 Å². The quantitative estimate of drug-likeness (QED) is 0.361. The van der Waals surface area contributed by atoms with Crippen LogP contribution in [0.5, 0.6) is 0 Å². The van der Waals surface area contributed by atoms with E-state index in [2.05, 4.69) is 0 Å². The van der Waals surface area contributed by atoms with Gasteiger partial charge in [-0.05, 0) is 92.1 Å². The Kier molecular flexibility index (Phi) is 7.84. The lowest BCUT2D eigenvalue weighted by Gasteiger charge is -2.08. The van der Waals surface area contributed by atoms with E-state index in [4.69, 9.17) is 0 Å². The van der Waals surface area contributed by atoms with E-state index in [0.717, 1.165) is 35.8 Å². The molecule has 0 aliphatic carbocycles. The van der Waals surface area contributed by atoms with Crippen LogP contribution in [0.2, 0.25) is 0 Å². The summed E-state index contributed by atoms with van der Waals surface area (Å²) in [7, 11) is 0. The van der Waals surface area contributed by atoms with E-state index >= 15 is 0 Å². The molecule has 0 spiro atoms. The molecule has 0 N–H and O–H groups in total. The molecule has 0 aliphatic rings. The van der Waals surface area contributed by atoms with Crippen molar-refractivity contribution in [2.75, 3.05) is 0 Å². The maximum absolute atomic E-state index is 13.4. The summed E-state index contributed by atoms with van der Waals surface area (Å²) < 4.78 is 5.22. The highest BCUT2D eigenvalue weighted by Crippen LogP contribution is 2.09. The predicted octanol–water partition coefficient (Wildman–Crippen LogP) is 5.55. The molecule has 0 fully saturated rings. The summed E-state index contributed by atoms with van der Waals surface area (Å²) in [5, 5.41) is 1.66. The number of hydrogen-bond acceptors (Lipinski definition) is 3. The number of hydrogen-bond donors (Lipinski definition) is 0. The number of nitrogens with zero attached hydrogens (tertiary/aromatic N) is 3. The molecule has 4 heterocycles. The van der Waals surface area contributed by atoms with Gasteiger partial charge in [0.25, 0.3) is 16.7 Å². The van der Waals surface area contributed by atoms with E-state index in [-0.39, 0.29) is 16.7 Å². The van der Waals surface area contributed by atoms with Crippen molar-refractivity contribution >= 4 is 32.7 Å². The van der Waals surface area contributed by atoms with Crippen LogP contribution in [0.25, 0.3) is 32.7 Å². The summed E-state index contributed by atoms with van der Waals surface area (Å²) in [6.45, 7) is 7.76. The SMILES string of the molecule is CCCn1c(=O)c2ccc(cc2)n(CCC)c(=O)c2ccc(cc2)n(CCC)c(=O)c2ccc1cc2. The first kappa shape index (κ1) is 25.2. The number of rotatable bonds is 6. The third-order valence-corrected chi connectivity index (χ3v) is 6.35. The van der Waals surface area contributed by atoms with Crippen LogP contribution in [0.15, 0.2) is 87.2 Å². The number of fused-ring (bicyclic) bond motifs is 3. The molecule has 7 rings (SSSR count). The van der Waals surface area contributed by atoms with Gasteiger partial charge in [0.05, 0.1) is 0 Å². The zero-order valence-corrected chi connectivity index (χ0v) is 21.2. The minimum Gasteiger partial charge on any atom is -0.308 e. The summed E-state index contributed by atoms with van der Waals surface area (Å²) in [5.41, 5.74) is 1.91. The van der Waals surface area contributed by atoms with Gasteiger partial charge in [-0.1, -0.05) is 20.8 Å². The zero-order chi connectivity index (χ0) is 25.7. The fourth-order valence-electron chi connectivity index (χ4n) is 4.53. The van der Waals surface area contributed by atoms with E-state index in [1.807, 2.05) is 57.2 Å². The molecule has 3 aromatic carbocycles. The Bertz CT molecular complexity index is 1430. The van der Waals surface area contributed by atoms with Crippen molar-refractivity contribution in [2.24, 2.45) is 0 Å². The second-order valence-electron chi connectivity index (χ2n) is 9.01. The molecule has 0 saturated carbocycles. The van der Waals surface area contributed by atoms with Crippen LogP contribution < -0.4 is 16.7 Å². The number of aromatic nitrogens is 3. The monoisotopic (exact) mass is 483 g/mol. The third-order valence-electron chi connectivity index (χ3n) is 6.35. The van der Waals surface area contributed by atoms with E-state index in [9.17, 15) is 14.4 Å². The third kappa shape index (κ3) is 5.03. The fraction of sp³-hybridized carbons (Fsp3) is 0.300. The van der Waals surface area contributed by atoms with Gasteiger partial charge in [-0.3, -0.25) is 14.4 Å². The average Bonchev–Trinajstić information content (AvgIpc) is 2.92. The first-order chi connectivity index (χ1) is 17.5. The van der Waals surface area contributed by atoms with Crippen LogP contribution in [0.3, 0.4) is 0 Å². The molecule has 0 saturated heterocycles. The second kappa shape index (κ2) is 11.2. The Labute approximate surface area is 210 Å². The largest absolute Gasteiger partial charge is 0.308 e. The lowest BCUT2D eigenvalue weighted by molar-refractivity contribution is 0.679. The summed E-state index contributed by atoms with van der Waals surface area (Å²) >= 11 is 0. The highest BCUT2D eigenvalue weighted by atomic mass is 16.1. The number of aryl methyl sites for hydroxylation is 3. The Morgan fingerprint density at radius 1 is 0.417 bits per heavy atom. The molecule has 0 amide bonds. The molecular weight excluding hydrogens is 450 g/mol. The van der Waals surface area contributed by atoms with Crippen molar-refractivity contribution in [2.45, 2.75) is 59.7 Å². The summed E-state index contributed by atoms with van der Waals surface area (Å²) in [4.78, 5) is 40.3. The van der Waals surface area contributed by atoms with E-state index < -0.39 is 0 Å². The normalized spacial score (nSPS) is 11.1. The van der Waals surface area contributed by atoms with Crippen LogP contribution in [-0.2, 0) is 19.6 Å². The van der Waals surface area contributed by atoms with E-state index in [1.54, 1.807) is 50.1 Å². The molecule has 0 unspecified atom stereocenters. The van der Waals surface area contributed by atoms with E-state index in [1.165, 1.54) is 0 Å². The van der Waals surface area contributed by atoms with Gasteiger partial charge in [0.1, 0.15) is 0 Å². The molecule has 36 heavy (non-hydrogen) atoms. The summed E-state index contributed by atoms with van der Waals surface area (Å²) in [6, 6.07) is 21.7. The minimum atomic E-state index is -0.112. The number of benzene rings is 3. The van der Waals surface area contributed by atoms with Crippen molar-refractivity contribution in [1.82, 2.24) is 13.7 Å². The van der Waals surface area contributed by atoms with Crippen LogP contribution in [-0.4, -0.2) is 13.7 Å². The van der Waals surface area contributed by atoms with Gasteiger partial charge in [-0.2, -0.15) is 0 Å². The van der Waals surface area contributed by atoms with Gasteiger partial charge >= 0.3 is 0 Å². The van der Waals surface area contributed by atoms with Gasteiger partial charge in [0.15, 0.2) is 0 Å². The Morgan fingerprint density at radius 3 is 0.833 bits per heavy atom. The first-order valence-corrected chi connectivity index (χ1v) is 12.7. The maximum Gasteiger partial charge on any atom is 0.258 e. The Hall–Kier alpha value is -3.93. The first-order valence-electron chi connectivity index (χ1n) is 12.7. The molecule has 6 bridgehead atoms. The molecule has 0 radical (unpaired) electrons. The lowest BCUT2D eigenvalue weighted by atomic mass is 10.2. The molecule has 0 aliphatic heterocycles. The van der Waals surface area contributed by atoms with Gasteiger partial charge in [0, 0.05) is 52.3 Å². The standard InChI is InChI=1S/C30H33N3O3/c1-4-19-31-25-13-7-23(8-14-25)29(35)33(21-6-3)27-17-11-24(12-18-27)30(36)32(20-5-2)26-15-9-22(10-16-26)28(31)34/h7-18H,4-6,19-21H2,1-3H3. The topological polar surface area (TPSA) is 66.0 Å². The highest BCUT2D eigenvalue weighted by molar-refractivity contribution is 5.65. The molecular formula is C30H33N3O3. The van der Waals surface area contributed by atoms with Crippen molar-refractivity contribution < 1.29 is 0 Å². The second-order valence-corrected chi connectivity index (χ2v) is 9.01. The van der Waals surface area contributed by atoms with Crippen LogP contribution in [0.1, 0.15) is 40.0 Å². The van der Waals surface area contributed by atoms with Crippen LogP contribution >= 0.6 is 0 Å². The molecule has 6 heteroatoms. The lowest BCUT2D eigenvalue weighted by Crippen LogP contribution is -2.20. The molecule has 0 atom stereocenters. The zero-order valence-electron chi connectivity index (χ0n) is 21.2. The van der Waals surface area contributed by atoms with Crippen molar-refractivity contribution in [3.8, 4) is 0 Å². The molecule has 7 aromatic rings. The van der Waals surface area contributed by atoms with Gasteiger partial charge in [0.2, 0.25) is 0 Å². The minimum absolute atomic E-state index is 0.112. The van der Waals surface area contributed by atoms with Gasteiger partial charge < -0.3 is 13.7 Å². The fourth-order valence-corrected chi connectivity index (χ4v) is 4.53.